The van der Waals surface area contributed by atoms with Crippen LogP contribution in [0.25, 0.3) is 10.2 Å². The van der Waals surface area contributed by atoms with Gasteiger partial charge in [0.1, 0.15) is 0 Å². The van der Waals surface area contributed by atoms with Gasteiger partial charge in [0, 0.05) is 12.1 Å². The molecular weight excluding hydrogens is 420 g/mol. The summed E-state index contributed by atoms with van der Waals surface area (Å²) < 4.78 is 2.60. The fraction of sp³-hybridized carbons (Fsp3) is 0.238. The second-order valence-corrected chi connectivity index (χ2v) is 7.76. The molecule has 0 radical (unpaired) electrons. The van der Waals surface area contributed by atoms with Crippen molar-refractivity contribution in [3.05, 3.63) is 72.6 Å². The van der Waals surface area contributed by atoms with Gasteiger partial charge in [-0.2, -0.15) is 4.99 Å². The van der Waals surface area contributed by atoms with E-state index in [0.717, 1.165) is 53.2 Å². The third-order valence-corrected chi connectivity index (χ3v) is 5.63. The molecule has 0 unspecified atom stereocenters. The van der Waals surface area contributed by atoms with Gasteiger partial charge in [-0.05, 0) is 30.5 Å². The third kappa shape index (κ3) is 4.84. The third-order valence-electron chi connectivity index (χ3n) is 4.58. The molecule has 1 heterocycles. The molecule has 0 N–H and O–H groups in total. The average Bonchev–Trinajstić information content (AvgIpc) is 3.08. The van der Waals surface area contributed by atoms with E-state index in [4.69, 9.17) is 6.42 Å². The number of carbonyl (C=O) groups excluding carboxylic acids is 1. The first-order valence-corrected chi connectivity index (χ1v) is 10.2. The van der Waals surface area contributed by atoms with E-state index in [1.807, 2.05) is 18.2 Å². The Kier molecular flexibility index (Phi) is 6.57. The lowest BCUT2D eigenvalue weighted by molar-refractivity contribution is -0.394. The number of hydrogen-bond donors (Lipinski definition) is 0. The van der Waals surface area contributed by atoms with Gasteiger partial charge in [-0.15, -0.1) is 6.42 Å². The minimum Gasteiger partial charge on any atom is -0.305 e. The Balaban J connectivity index is 2.12. The lowest BCUT2D eigenvalue weighted by atomic mass is 10.1. The van der Waals surface area contributed by atoms with E-state index < -0.39 is 27.1 Å². The van der Waals surface area contributed by atoms with Crippen molar-refractivity contribution < 1.29 is 14.6 Å². The number of thiazole rings is 1. The maximum atomic E-state index is 12.7. The van der Waals surface area contributed by atoms with E-state index in [2.05, 4.69) is 17.8 Å². The van der Waals surface area contributed by atoms with Crippen molar-refractivity contribution in [1.29, 1.82) is 0 Å². The molecule has 9 nitrogen and oxygen atoms in total. The van der Waals surface area contributed by atoms with Crippen LogP contribution in [0.4, 0.5) is 11.4 Å². The highest BCUT2D eigenvalue weighted by molar-refractivity contribution is 7.16. The number of carbonyl (C=O) groups is 1. The van der Waals surface area contributed by atoms with Crippen LogP contribution in [-0.4, -0.2) is 20.3 Å². The minimum atomic E-state index is -0.824. The van der Waals surface area contributed by atoms with Crippen molar-refractivity contribution in [3.63, 3.8) is 0 Å². The van der Waals surface area contributed by atoms with Crippen molar-refractivity contribution in [3.8, 4) is 12.3 Å². The number of benzene rings is 2. The number of fused-ring (bicyclic) bond motifs is 1. The quantitative estimate of drug-likeness (QED) is 0.310. The molecule has 0 saturated carbocycles. The van der Waals surface area contributed by atoms with Crippen LogP contribution in [0.5, 0.6) is 0 Å². The lowest BCUT2D eigenvalue weighted by Crippen LogP contribution is -2.16. The zero-order chi connectivity index (χ0) is 22.5. The van der Waals surface area contributed by atoms with E-state index >= 15 is 0 Å². The van der Waals surface area contributed by atoms with Crippen LogP contribution in [0.2, 0.25) is 0 Å². The second kappa shape index (κ2) is 9.32. The molecule has 3 rings (SSSR count). The molecule has 0 saturated heterocycles. The highest BCUT2D eigenvalue weighted by atomic mass is 32.1. The molecule has 0 bridgehead atoms. The first kappa shape index (κ1) is 21.9. The summed E-state index contributed by atoms with van der Waals surface area (Å²) in [6, 6.07) is 8.71. The lowest BCUT2D eigenvalue weighted by Gasteiger charge is -2.02. The molecule has 31 heavy (non-hydrogen) atoms. The molecule has 0 spiro atoms. The fourth-order valence-electron chi connectivity index (χ4n) is 3.06. The zero-order valence-electron chi connectivity index (χ0n) is 16.6. The standard InChI is InChI=1S/C21H18N4O5S/c1-3-5-6-14-7-8-18-19(10-14)31-21(23(18)9-4-2)22-20(26)15-11-16(24(27)28)13-17(12-15)25(29)30/h2,7-8,10-13H,3,5-6,9H2,1H3. The van der Waals surface area contributed by atoms with Gasteiger partial charge in [-0.3, -0.25) is 25.0 Å². The number of hydrogen-bond acceptors (Lipinski definition) is 6. The summed E-state index contributed by atoms with van der Waals surface area (Å²) >= 11 is 1.27. The van der Waals surface area contributed by atoms with Crippen LogP contribution in [-0.2, 0) is 13.0 Å². The topological polar surface area (TPSA) is 121 Å². The number of aromatic nitrogens is 1. The Morgan fingerprint density at radius 2 is 1.84 bits per heavy atom. The summed E-state index contributed by atoms with van der Waals surface area (Å²) in [4.78, 5) is 37.7. The summed E-state index contributed by atoms with van der Waals surface area (Å²) in [5.74, 6) is 1.71. The SMILES string of the molecule is C#CCn1c(=NC(=O)c2cc([N+](=O)[O-])cc([N+](=O)[O-])c2)sc2cc(CCCC)ccc21. The smallest absolute Gasteiger partial charge is 0.280 e. The number of amides is 1. The molecule has 1 aromatic heterocycles. The van der Waals surface area contributed by atoms with Crippen molar-refractivity contribution in [2.45, 2.75) is 32.7 Å². The monoisotopic (exact) mass is 438 g/mol. The first-order chi connectivity index (χ1) is 14.8. The van der Waals surface area contributed by atoms with Crippen LogP contribution in [0.3, 0.4) is 0 Å². The normalized spacial score (nSPS) is 11.4. The van der Waals surface area contributed by atoms with Crippen molar-refractivity contribution in [2.75, 3.05) is 0 Å². The van der Waals surface area contributed by atoms with Gasteiger partial charge < -0.3 is 4.57 Å². The van der Waals surface area contributed by atoms with E-state index in [9.17, 15) is 25.0 Å². The molecule has 0 aliphatic carbocycles. The highest BCUT2D eigenvalue weighted by Gasteiger charge is 2.20. The number of unbranched alkanes of at least 4 members (excludes halogenated alkanes) is 1. The van der Waals surface area contributed by atoms with Gasteiger partial charge in [0.15, 0.2) is 4.80 Å². The molecule has 0 aliphatic heterocycles. The minimum absolute atomic E-state index is 0.176. The molecule has 1 amide bonds. The number of rotatable bonds is 7. The van der Waals surface area contributed by atoms with E-state index in [1.165, 1.54) is 11.3 Å². The van der Waals surface area contributed by atoms with E-state index in [0.29, 0.717) is 4.80 Å². The number of aryl methyl sites for hydroxylation is 1. The average molecular weight is 438 g/mol. The largest absolute Gasteiger partial charge is 0.305 e. The molecule has 0 aliphatic rings. The number of non-ortho nitro benzene ring substituents is 2. The van der Waals surface area contributed by atoms with Crippen molar-refractivity contribution in [1.82, 2.24) is 4.57 Å². The second-order valence-electron chi connectivity index (χ2n) is 6.75. The van der Waals surface area contributed by atoms with Gasteiger partial charge in [-0.1, -0.05) is 36.7 Å². The van der Waals surface area contributed by atoms with Crippen molar-refractivity contribution >= 4 is 38.8 Å². The maximum Gasteiger partial charge on any atom is 0.280 e. The van der Waals surface area contributed by atoms with Crippen molar-refractivity contribution in [2.24, 2.45) is 4.99 Å². The Bertz CT molecular complexity index is 1270. The summed E-state index contributed by atoms with van der Waals surface area (Å²) in [7, 11) is 0. The van der Waals surface area contributed by atoms with E-state index in [-0.39, 0.29) is 12.1 Å². The number of nitro benzene ring substituents is 2. The maximum absolute atomic E-state index is 12.7. The molecule has 0 fully saturated rings. The molecule has 158 valence electrons. The van der Waals surface area contributed by atoms with Crippen LogP contribution in [0.15, 0.2) is 41.4 Å². The Morgan fingerprint density at radius 1 is 1.16 bits per heavy atom. The summed E-state index contributed by atoms with van der Waals surface area (Å²) in [6.07, 6.45) is 8.55. The number of nitro groups is 2. The first-order valence-electron chi connectivity index (χ1n) is 9.42. The summed E-state index contributed by atoms with van der Waals surface area (Å²) in [6.45, 7) is 2.29. The van der Waals surface area contributed by atoms with Gasteiger partial charge in [0.25, 0.3) is 17.3 Å². The van der Waals surface area contributed by atoms with Crippen LogP contribution in [0.1, 0.15) is 35.7 Å². The molecular formula is C21H18N4O5S. The fourth-order valence-corrected chi connectivity index (χ4v) is 4.16. The molecule has 0 atom stereocenters. The van der Waals surface area contributed by atoms with E-state index in [1.54, 1.807) is 4.57 Å². The van der Waals surface area contributed by atoms with Crippen LogP contribution < -0.4 is 4.80 Å². The number of terminal acetylenes is 1. The summed E-state index contributed by atoms with van der Waals surface area (Å²) in [5, 5.41) is 22.2. The predicted molar refractivity (Wildman–Crippen MR) is 117 cm³/mol. The number of nitrogens with zero attached hydrogens (tertiary/aromatic N) is 4. The van der Waals surface area contributed by atoms with Gasteiger partial charge >= 0.3 is 0 Å². The Labute approximate surface area is 181 Å². The van der Waals surface area contributed by atoms with Crippen LogP contribution in [0, 0.1) is 32.6 Å². The molecule has 10 heteroatoms. The zero-order valence-corrected chi connectivity index (χ0v) is 17.4. The molecule has 2 aromatic carbocycles. The predicted octanol–water partition coefficient (Wildman–Crippen LogP) is 4.24. The van der Waals surface area contributed by atoms with Gasteiger partial charge in [-0.25, -0.2) is 0 Å². The van der Waals surface area contributed by atoms with Gasteiger partial charge in [0.2, 0.25) is 0 Å². The van der Waals surface area contributed by atoms with Gasteiger partial charge in [0.05, 0.1) is 38.2 Å². The highest BCUT2D eigenvalue weighted by Crippen LogP contribution is 2.24. The Hall–Kier alpha value is -3.84. The molecule has 3 aromatic rings. The summed E-state index contributed by atoms with van der Waals surface area (Å²) in [5.41, 5.74) is 0.631. The van der Waals surface area contributed by atoms with Crippen LogP contribution >= 0.6 is 11.3 Å². The Morgan fingerprint density at radius 3 is 2.42 bits per heavy atom.